The van der Waals surface area contributed by atoms with E-state index in [0.29, 0.717) is 0 Å². The van der Waals surface area contributed by atoms with Crippen LogP contribution in [0.15, 0.2) is 41.0 Å². The van der Waals surface area contributed by atoms with Crippen molar-refractivity contribution in [2.75, 3.05) is 0 Å². The molecule has 0 saturated carbocycles. The first-order valence-electron chi connectivity index (χ1n) is 10.4. The Morgan fingerprint density at radius 3 is 1.50 bits per heavy atom. The van der Waals surface area contributed by atoms with E-state index < -0.39 is 26.8 Å². The van der Waals surface area contributed by atoms with Crippen molar-refractivity contribution >= 4 is 5.92 Å². The molecule has 0 amide bonds. The Kier molecular flexibility index (Phi) is 9.19. The minimum Gasteiger partial charge on any atom is -1.00 e. The summed E-state index contributed by atoms with van der Waals surface area (Å²) < 4.78 is 4.02. The molecule has 143 valence electrons. The second-order valence-electron chi connectivity index (χ2n) is 8.64. The molecule has 0 nitrogen and oxygen atoms in total. The van der Waals surface area contributed by atoms with Crippen LogP contribution >= 0.6 is 0 Å². The summed E-state index contributed by atoms with van der Waals surface area (Å²) in [5.41, 5.74) is 7.32. The molecule has 0 aromatic carbocycles. The molecule has 0 aromatic rings. The van der Waals surface area contributed by atoms with E-state index in [1.165, 1.54) is 77.0 Å². The van der Waals surface area contributed by atoms with E-state index in [2.05, 4.69) is 25.2 Å². The van der Waals surface area contributed by atoms with Gasteiger partial charge in [-0.15, -0.1) is 0 Å². The van der Waals surface area contributed by atoms with Crippen LogP contribution in [-0.2, 0) is 20.9 Å². The first kappa shape index (κ1) is 22.9. The van der Waals surface area contributed by atoms with Crippen LogP contribution in [0, 0.1) is 0 Å². The average molecular weight is 488 g/mol. The molecular formula is C22H33Cl2SiZr. The molecule has 0 radical (unpaired) electrons. The molecule has 4 aliphatic carbocycles. The van der Waals surface area contributed by atoms with Crippen LogP contribution in [0.1, 0.15) is 77.0 Å². The van der Waals surface area contributed by atoms with Gasteiger partial charge in [-0.2, -0.15) is 0 Å². The molecule has 26 heavy (non-hydrogen) atoms. The summed E-state index contributed by atoms with van der Waals surface area (Å²) in [5.74, 6) is -0.520. The quantitative estimate of drug-likeness (QED) is 0.514. The minimum absolute atomic E-state index is 0. The molecule has 0 saturated heterocycles. The van der Waals surface area contributed by atoms with Gasteiger partial charge in [0.2, 0.25) is 0 Å². The van der Waals surface area contributed by atoms with E-state index in [-0.39, 0.29) is 24.8 Å². The Morgan fingerprint density at radius 2 is 1.08 bits per heavy atom. The molecule has 4 aliphatic rings. The maximum Gasteiger partial charge on any atom is -1.00 e. The number of rotatable bonds is 3. The van der Waals surface area contributed by atoms with Gasteiger partial charge >= 0.3 is 158 Å². The van der Waals surface area contributed by atoms with E-state index in [1.54, 1.807) is 11.1 Å². The molecule has 0 unspecified atom stereocenters. The number of halogens is 2. The van der Waals surface area contributed by atoms with Crippen LogP contribution in [0.25, 0.3) is 0 Å². The van der Waals surface area contributed by atoms with E-state index in [9.17, 15) is 0 Å². The summed E-state index contributed by atoms with van der Waals surface area (Å²) in [5, 5.41) is 0. The first-order chi connectivity index (χ1) is 11.7. The van der Waals surface area contributed by atoms with E-state index in [1.807, 2.05) is 17.7 Å². The second-order valence-corrected chi connectivity index (χ2v) is 28.1. The average Bonchev–Trinajstić information content (AvgIpc) is 2.96. The second kappa shape index (κ2) is 10.4. The van der Waals surface area contributed by atoms with Gasteiger partial charge in [-0.1, -0.05) is 0 Å². The van der Waals surface area contributed by atoms with Gasteiger partial charge in [0, 0.05) is 0 Å². The summed E-state index contributed by atoms with van der Waals surface area (Å²) in [6.45, 7) is 5.34. The molecular weight excluding hydrogens is 454 g/mol. The van der Waals surface area contributed by atoms with Gasteiger partial charge in [-0.05, 0) is 0 Å². The summed E-state index contributed by atoms with van der Waals surface area (Å²) in [4.78, 5) is 0. The van der Waals surface area contributed by atoms with Gasteiger partial charge in [0.15, 0.2) is 0 Å². The minimum atomic E-state index is -1.51. The predicted octanol–water partition coefficient (Wildman–Crippen LogP) is 0.693. The molecule has 0 spiro atoms. The Hall–Kier alpha value is 0.640. The maximum atomic E-state index is 2.76. The summed E-state index contributed by atoms with van der Waals surface area (Å²) >= 11 is -1.51. The van der Waals surface area contributed by atoms with Crippen LogP contribution in [0.2, 0.25) is 13.1 Å². The normalized spacial score (nSPS) is 22.6. The zero-order valence-electron chi connectivity index (χ0n) is 16.5. The third-order valence-corrected chi connectivity index (χ3v) is 25.6. The zero-order valence-corrected chi connectivity index (χ0v) is 21.6. The molecule has 0 fully saturated rings. The van der Waals surface area contributed by atoms with Crippen molar-refractivity contribution in [3.63, 3.8) is 0 Å². The Labute approximate surface area is 181 Å². The number of allylic oxidation sites excluding steroid dienone is 8. The molecule has 0 N–H and O–H groups in total. The van der Waals surface area contributed by atoms with E-state index >= 15 is 0 Å². The van der Waals surface area contributed by atoms with Crippen LogP contribution in [0.3, 0.4) is 0 Å². The van der Waals surface area contributed by atoms with Crippen molar-refractivity contribution < 1.29 is 45.7 Å². The van der Waals surface area contributed by atoms with Crippen molar-refractivity contribution in [1.29, 1.82) is 0 Å². The van der Waals surface area contributed by atoms with Crippen LogP contribution < -0.4 is 24.8 Å². The van der Waals surface area contributed by atoms with Crippen molar-refractivity contribution in [2.45, 2.75) is 90.1 Å². The van der Waals surface area contributed by atoms with Crippen LogP contribution in [0.5, 0.6) is 0 Å². The van der Waals surface area contributed by atoms with Gasteiger partial charge in [0.1, 0.15) is 0 Å². The van der Waals surface area contributed by atoms with Gasteiger partial charge in [0.25, 0.3) is 0 Å². The van der Waals surface area contributed by atoms with E-state index in [0.717, 1.165) is 0 Å². The molecule has 0 bridgehead atoms. The Balaban J connectivity index is 0.00000121. The monoisotopic (exact) mass is 485 g/mol. The SMILES string of the molecule is C[SiH](C)[Zr+2]([C]1=CC2=C(CCCCC2)C1)[C]1=CC2=C(CCCCC2)C1.[Cl-].[Cl-]. The van der Waals surface area contributed by atoms with Crippen molar-refractivity contribution in [3.05, 3.63) is 41.0 Å². The molecule has 0 aromatic heterocycles. The van der Waals surface area contributed by atoms with Gasteiger partial charge in [-0.3, -0.25) is 0 Å². The molecule has 0 heterocycles. The zero-order chi connectivity index (χ0) is 16.5. The Morgan fingerprint density at radius 1 is 0.654 bits per heavy atom. The van der Waals surface area contributed by atoms with Crippen LogP contribution in [0.4, 0.5) is 0 Å². The van der Waals surface area contributed by atoms with Crippen molar-refractivity contribution in [3.8, 4) is 0 Å². The maximum absolute atomic E-state index is 2.76. The smallest absolute Gasteiger partial charge is 1.00 e. The fourth-order valence-electron chi connectivity index (χ4n) is 5.36. The van der Waals surface area contributed by atoms with Gasteiger partial charge < -0.3 is 24.8 Å². The third-order valence-electron chi connectivity index (χ3n) is 6.53. The van der Waals surface area contributed by atoms with Crippen molar-refractivity contribution in [2.24, 2.45) is 0 Å². The van der Waals surface area contributed by atoms with Gasteiger partial charge in [-0.25, -0.2) is 0 Å². The Bertz CT molecular complexity index is 591. The number of hydrogen-bond acceptors (Lipinski definition) is 0. The standard InChI is InChI=1S/2C10H13.C2H7Si.2ClH.Zr/c2*1-2-5-9-7-4-8-10(9)6-3-1;1-3-2;;;/h2*7H,1-3,5-6,8H2;3H,1-2H3;2*1H;/q;;;;;+2/p-2. The first-order valence-corrected chi connectivity index (χ1v) is 20.0. The largest absolute Gasteiger partial charge is 1.00 e. The van der Waals surface area contributed by atoms with Crippen LogP contribution in [-0.4, -0.2) is 5.92 Å². The number of hydrogen-bond donors (Lipinski definition) is 0. The fraction of sp³-hybridized carbons (Fsp3) is 0.636. The summed E-state index contributed by atoms with van der Waals surface area (Å²) in [6, 6.07) is 0. The van der Waals surface area contributed by atoms with E-state index in [4.69, 9.17) is 0 Å². The third kappa shape index (κ3) is 4.97. The molecule has 0 atom stereocenters. The van der Waals surface area contributed by atoms with Gasteiger partial charge in [0.05, 0.1) is 0 Å². The molecule has 0 aliphatic heterocycles. The molecule has 4 rings (SSSR count). The van der Waals surface area contributed by atoms with Crippen molar-refractivity contribution in [1.82, 2.24) is 0 Å². The summed E-state index contributed by atoms with van der Waals surface area (Å²) in [7, 11) is 0. The topological polar surface area (TPSA) is 0 Å². The predicted molar refractivity (Wildman–Crippen MR) is 104 cm³/mol. The summed E-state index contributed by atoms with van der Waals surface area (Å²) in [6.07, 6.45) is 22.7. The molecule has 4 heteroatoms. The fourth-order valence-corrected chi connectivity index (χ4v) is 24.6.